The summed E-state index contributed by atoms with van der Waals surface area (Å²) in [5.41, 5.74) is -0.710. The Hall–Kier alpha value is -4.44. The highest BCUT2D eigenvalue weighted by atomic mass is 16.7. The largest absolute Gasteiger partial charge is 0.467 e. The third-order valence-electron chi connectivity index (χ3n) is 5.62. The summed E-state index contributed by atoms with van der Waals surface area (Å²) in [5, 5.41) is 25.0. The number of nitrogens with zero attached hydrogens (tertiary/aromatic N) is 3. The van der Waals surface area contributed by atoms with Gasteiger partial charge in [-0.1, -0.05) is 5.16 Å². The molecule has 0 atom stereocenters. The summed E-state index contributed by atoms with van der Waals surface area (Å²) in [4.78, 5) is 23.7. The van der Waals surface area contributed by atoms with Gasteiger partial charge in [0.2, 0.25) is 0 Å². The average Bonchev–Trinajstić information content (AvgIpc) is 3.40. The van der Waals surface area contributed by atoms with E-state index in [-0.39, 0.29) is 66.0 Å². The number of carbonyl (C=O) groups is 1. The molecule has 15 nitrogen and oxygen atoms in total. The van der Waals surface area contributed by atoms with E-state index in [0.717, 1.165) is 4.90 Å². The molecule has 15 heteroatoms. The van der Waals surface area contributed by atoms with Crippen LogP contribution in [0.4, 0.5) is 16.3 Å². The molecule has 43 heavy (non-hydrogen) atoms. The first kappa shape index (κ1) is 33.1. The molecule has 0 radical (unpaired) electrons. The molecule has 0 spiro atoms. The second-order valence-corrected chi connectivity index (χ2v) is 9.81. The first-order valence-electron chi connectivity index (χ1n) is 13.0. The van der Waals surface area contributed by atoms with Crippen molar-refractivity contribution in [2.75, 3.05) is 59.1 Å². The number of hydrogen-bond donors (Lipinski definition) is 1. The van der Waals surface area contributed by atoms with Gasteiger partial charge in [0.05, 0.1) is 31.4 Å². The topological polar surface area (TPSA) is 174 Å². The molecule has 0 aliphatic rings. The number of amides is 1. The summed E-state index contributed by atoms with van der Waals surface area (Å²) in [5.74, 6) is 1.01. The van der Waals surface area contributed by atoms with Gasteiger partial charge in [-0.25, -0.2) is 4.79 Å². The summed E-state index contributed by atoms with van der Waals surface area (Å²) in [6.07, 6.45) is -1.23. The van der Waals surface area contributed by atoms with Gasteiger partial charge in [0.25, 0.3) is 5.69 Å². The van der Waals surface area contributed by atoms with Gasteiger partial charge >= 0.3 is 6.09 Å². The van der Waals surface area contributed by atoms with E-state index < -0.39 is 16.6 Å². The van der Waals surface area contributed by atoms with Crippen LogP contribution in [-0.4, -0.2) is 81.1 Å². The Morgan fingerprint density at radius 3 is 2.09 bits per heavy atom. The van der Waals surface area contributed by atoms with Crippen LogP contribution in [-0.2, 0) is 18.9 Å². The summed E-state index contributed by atoms with van der Waals surface area (Å²) < 4.78 is 44.3. The van der Waals surface area contributed by atoms with Crippen LogP contribution in [0.1, 0.15) is 20.8 Å². The summed E-state index contributed by atoms with van der Waals surface area (Å²) in [6, 6.07) is 9.96. The Labute approximate surface area is 247 Å². The fraction of sp³-hybridized carbons (Fsp3) is 0.429. The monoisotopic (exact) mass is 605 g/mol. The maximum atomic E-state index is 12.1. The van der Waals surface area contributed by atoms with Crippen LogP contribution in [0.3, 0.4) is 0 Å². The number of benzene rings is 2. The minimum atomic E-state index is -1.23. The molecule has 1 heterocycles. The van der Waals surface area contributed by atoms with E-state index >= 15 is 0 Å². The second kappa shape index (κ2) is 15.7. The van der Waals surface area contributed by atoms with Crippen molar-refractivity contribution in [3.05, 3.63) is 52.6 Å². The molecule has 1 aromatic heterocycles. The van der Waals surface area contributed by atoms with E-state index in [9.17, 15) is 20.0 Å². The molecule has 234 valence electrons. The molecule has 0 aliphatic heterocycles. The van der Waals surface area contributed by atoms with Crippen LogP contribution in [0.5, 0.6) is 23.0 Å². The van der Waals surface area contributed by atoms with E-state index in [4.69, 9.17) is 37.7 Å². The number of hydrogen-bond acceptors (Lipinski definition) is 12. The standard InChI is InChI=1S/C28H35N3O12/c1-28(2,3)30(27(32)33)25-16-24(43-29-25)26-22(41-18-39-13-11-37-5)14-21(40-17-38-12-10-36-4)15-23(26)42-20-8-6-19(7-9-20)31(34)35/h6-9,14-16H,10-13,17-18H2,1-5H3,(H,32,33). The molecule has 0 bridgehead atoms. The summed E-state index contributed by atoms with van der Waals surface area (Å²) in [6.45, 7) is 6.11. The highest BCUT2D eigenvalue weighted by Crippen LogP contribution is 2.45. The molecule has 0 unspecified atom stereocenters. The zero-order chi connectivity index (χ0) is 31.4. The van der Waals surface area contributed by atoms with Crippen LogP contribution in [0.25, 0.3) is 11.3 Å². The fourth-order valence-corrected chi connectivity index (χ4v) is 3.68. The van der Waals surface area contributed by atoms with Gasteiger partial charge in [-0.2, -0.15) is 0 Å². The van der Waals surface area contributed by atoms with Gasteiger partial charge < -0.3 is 42.8 Å². The van der Waals surface area contributed by atoms with Gasteiger partial charge in [0, 0.05) is 50.1 Å². The molecular weight excluding hydrogens is 570 g/mol. The molecule has 3 rings (SSSR count). The second-order valence-electron chi connectivity index (χ2n) is 9.81. The Morgan fingerprint density at radius 2 is 1.53 bits per heavy atom. The predicted octanol–water partition coefficient (Wildman–Crippen LogP) is 5.32. The Balaban J connectivity index is 2.08. The van der Waals surface area contributed by atoms with Gasteiger partial charge in [-0.15, -0.1) is 0 Å². The lowest BCUT2D eigenvalue weighted by Gasteiger charge is -2.30. The van der Waals surface area contributed by atoms with Crippen molar-refractivity contribution in [2.24, 2.45) is 0 Å². The van der Waals surface area contributed by atoms with Crippen molar-refractivity contribution in [1.29, 1.82) is 0 Å². The number of nitro groups is 1. The van der Waals surface area contributed by atoms with Crippen LogP contribution in [0.2, 0.25) is 0 Å². The number of ether oxygens (including phenoxy) is 7. The van der Waals surface area contributed by atoms with E-state index in [1.54, 1.807) is 41.1 Å². The number of rotatable bonds is 17. The zero-order valence-corrected chi connectivity index (χ0v) is 24.6. The first-order valence-corrected chi connectivity index (χ1v) is 13.0. The van der Waals surface area contributed by atoms with Gasteiger partial charge in [-0.05, 0) is 32.9 Å². The SMILES string of the molecule is COCCOCOc1cc(OCOCCOC)c(-c2cc(N(C(=O)O)C(C)(C)C)no2)c(Oc2ccc([N+](=O)[O-])cc2)c1. The third kappa shape index (κ3) is 9.54. The van der Waals surface area contributed by atoms with Gasteiger partial charge in [-0.3, -0.25) is 15.0 Å². The van der Waals surface area contributed by atoms with Crippen molar-refractivity contribution in [1.82, 2.24) is 5.16 Å². The van der Waals surface area contributed by atoms with Gasteiger partial charge in [0.1, 0.15) is 28.6 Å². The molecule has 0 aliphatic carbocycles. The Morgan fingerprint density at radius 1 is 0.930 bits per heavy atom. The van der Waals surface area contributed by atoms with Gasteiger partial charge in [0.15, 0.2) is 25.2 Å². The number of methoxy groups -OCH3 is 2. The first-order chi connectivity index (χ1) is 20.5. The lowest BCUT2D eigenvalue weighted by Crippen LogP contribution is -2.45. The lowest BCUT2D eigenvalue weighted by atomic mass is 10.1. The van der Waals surface area contributed by atoms with E-state index in [1.807, 2.05) is 0 Å². The third-order valence-corrected chi connectivity index (χ3v) is 5.62. The number of anilines is 1. The van der Waals surface area contributed by atoms with Crippen LogP contribution in [0.15, 0.2) is 47.0 Å². The predicted molar refractivity (Wildman–Crippen MR) is 152 cm³/mol. The zero-order valence-electron chi connectivity index (χ0n) is 24.6. The maximum absolute atomic E-state index is 12.1. The highest BCUT2D eigenvalue weighted by molar-refractivity contribution is 5.87. The quantitative estimate of drug-likeness (QED) is 0.0906. The summed E-state index contributed by atoms with van der Waals surface area (Å²) >= 11 is 0. The Bertz CT molecular complexity index is 1340. The van der Waals surface area contributed by atoms with Crippen LogP contribution in [0, 0.1) is 10.1 Å². The van der Waals surface area contributed by atoms with Crippen molar-refractivity contribution in [2.45, 2.75) is 26.3 Å². The van der Waals surface area contributed by atoms with Crippen molar-refractivity contribution < 1.29 is 52.5 Å². The van der Waals surface area contributed by atoms with E-state index in [1.165, 1.54) is 36.4 Å². The molecule has 1 N–H and O–H groups in total. The Kier molecular flexibility index (Phi) is 12.1. The summed E-state index contributed by atoms with van der Waals surface area (Å²) in [7, 11) is 3.09. The number of aromatic nitrogens is 1. The molecule has 1 amide bonds. The van der Waals surface area contributed by atoms with Crippen LogP contribution >= 0.6 is 0 Å². The van der Waals surface area contributed by atoms with E-state index in [2.05, 4.69) is 5.16 Å². The molecule has 2 aromatic carbocycles. The molecule has 0 fully saturated rings. The van der Waals surface area contributed by atoms with Crippen molar-refractivity contribution in [3.63, 3.8) is 0 Å². The minimum absolute atomic E-state index is 0.0328. The van der Waals surface area contributed by atoms with Crippen molar-refractivity contribution >= 4 is 17.6 Å². The normalized spacial score (nSPS) is 11.3. The number of nitro benzene ring substituents is 1. The average molecular weight is 606 g/mol. The van der Waals surface area contributed by atoms with Crippen molar-refractivity contribution in [3.8, 4) is 34.3 Å². The number of non-ortho nitro benzene ring substituents is 1. The molecule has 0 saturated heterocycles. The molecule has 3 aromatic rings. The van der Waals surface area contributed by atoms with E-state index in [0.29, 0.717) is 19.8 Å². The smallest absolute Gasteiger partial charge is 0.413 e. The van der Waals surface area contributed by atoms with Crippen LogP contribution < -0.4 is 19.1 Å². The maximum Gasteiger partial charge on any atom is 0.413 e. The molecular formula is C28H35N3O12. The molecule has 0 saturated carbocycles. The number of carboxylic acid groups (broad SMARTS) is 1. The highest BCUT2D eigenvalue weighted by Gasteiger charge is 2.32. The lowest BCUT2D eigenvalue weighted by molar-refractivity contribution is -0.384. The fourth-order valence-electron chi connectivity index (χ4n) is 3.68. The minimum Gasteiger partial charge on any atom is -0.467 e.